The van der Waals surface area contributed by atoms with Crippen LogP contribution in [0, 0.1) is 6.92 Å². The molecule has 2 aliphatic rings. The second kappa shape index (κ2) is 9.49. The molecule has 3 rings (SSSR count). The third-order valence-electron chi connectivity index (χ3n) is 6.13. The largest absolute Gasteiger partial charge is 0.372 e. The topological polar surface area (TPSA) is 81.8 Å². The Kier molecular flexibility index (Phi) is 7.00. The summed E-state index contributed by atoms with van der Waals surface area (Å²) in [5.74, 6) is -0.689. The first-order valence-corrected chi connectivity index (χ1v) is 11.1. The van der Waals surface area contributed by atoms with E-state index in [0.29, 0.717) is 12.1 Å². The van der Waals surface area contributed by atoms with Crippen molar-refractivity contribution < 1.29 is 14.4 Å². The van der Waals surface area contributed by atoms with E-state index in [9.17, 15) is 14.4 Å². The van der Waals surface area contributed by atoms with Gasteiger partial charge in [0.2, 0.25) is 5.91 Å². The minimum Gasteiger partial charge on any atom is -0.372 e. The van der Waals surface area contributed by atoms with Crippen molar-refractivity contribution in [3.8, 4) is 0 Å². The molecular weight excluding hydrogens is 380 g/mol. The van der Waals surface area contributed by atoms with E-state index in [-0.39, 0.29) is 18.4 Å². The van der Waals surface area contributed by atoms with Gasteiger partial charge in [0.1, 0.15) is 12.1 Å². The van der Waals surface area contributed by atoms with Crippen LogP contribution in [0.5, 0.6) is 0 Å². The predicted molar refractivity (Wildman–Crippen MR) is 119 cm³/mol. The van der Waals surface area contributed by atoms with Crippen LogP contribution >= 0.6 is 0 Å². The van der Waals surface area contributed by atoms with E-state index in [1.54, 1.807) is 6.92 Å². The third-order valence-corrected chi connectivity index (χ3v) is 6.13. The minimum absolute atomic E-state index is 0.275. The van der Waals surface area contributed by atoms with E-state index in [1.807, 2.05) is 19.1 Å². The van der Waals surface area contributed by atoms with Crippen LogP contribution in [0.25, 0.3) is 0 Å². The number of nitrogens with one attached hydrogen (secondary N) is 2. The Hall–Kier alpha value is -2.57. The van der Waals surface area contributed by atoms with Crippen molar-refractivity contribution in [3.63, 3.8) is 0 Å². The number of anilines is 2. The highest BCUT2D eigenvalue weighted by atomic mass is 16.2. The lowest BCUT2D eigenvalue weighted by atomic mass is 9.94. The number of benzene rings is 1. The fourth-order valence-corrected chi connectivity index (χ4v) is 4.26. The van der Waals surface area contributed by atoms with E-state index in [0.717, 1.165) is 54.9 Å². The Bertz CT molecular complexity index is 804. The van der Waals surface area contributed by atoms with Crippen LogP contribution < -0.4 is 15.5 Å². The number of amides is 4. The van der Waals surface area contributed by atoms with Crippen molar-refractivity contribution in [2.24, 2.45) is 0 Å². The summed E-state index contributed by atoms with van der Waals surface area (Å²) in [6.45, 7) is 7.69. The molecule has 7 heteroatoms. The van der Waals surface area contributed by atoms with E-state index in [1.165, 1.54) is 12.8 Å². The zero-order valence-electron chi connectivity index (χ0n) is 18.4. The number of nitrogens with zero attached hydrogens (tertiary/aromatic N) is 2. The Labute approximate surface area is 179 Å². The van der Waals surface area contributed by atoms with E-state index in [4.69, 9.17) is 0 Å². The van der Waals surface area contributed by atoms with Gasteiger partial charge >= 0.3 is 6.03 Å². The van der Waals surface area contributed by atoms with E-state index in [2.05, 4.69) is 28.5 Å². The number of rotatable bonds is 9. The Balaban J connectivity index is 1.57. The molecule has 2 heterocycles. The zero-order valence-corrected chi connectivity index (χ0v) is 18.4. The predicted octanol–water partition coefficient (Wildman–Crippen LogP) is 3.81. The van der Waals surface area contributed by atoms with Crippen LogP contribution in [-0.4, -0.2) is 47.9 Å². The number of aryl methyl sites for hydroxylation is 1. The Morgan fingerprint density at radius 1 is 1.17 bits per heavy atom. The molecule has 0 radical (unpaired) electrons. The monoisotopic (exact) mass is 414 g/mol. The summed E-state index contributed by atoms with van der Waals surface area (Å²) in [6.07, 6.45) is 7.14. The number of imide groups is 1. The van der Waals surface area contributed by atoms with Gasteiger partial charge in [0, 0.05) is 24.5 Å². The Morgan fingerprint density at radius 2 is 1.90 bits per heavy atom. The van der Waals surface area contributed by atoms with Crippen molar-refractivity contribution in [1.29, 1.82) is 0 Å². The van der Waals surface area contributed by atoms with Crippen molar-refractivity contribution in [3.05, 3.63) is 23.8 Å². The normalized spacial score (nSPS) is 21.3. The number of hydrogen-bond donors (Lipinski definition) is 2. The van der Waals surface area contributed by atoms with Gasteiger partial charge in [-0.1, -0.05) is 32.6 Å². The molecule has 30 heavy (non-hydrogen) atoms. The second-order valence-electron chi connectivity index (χ2n) is 8.71. The standard InChI is InChI=1S/C23H34N4O3/c1-4-5-6-7-12-23(3)21(29)27(22(30)25-23)16-20(28)24-19-11-10-18(15-17(19)2)26-13-8-9-14-26/h10-11,15H,4-9,12-14,16H2,1-3H3,(H,24,28)(H,25,30). The summed E-state index contributed by atoms with van der Waals surface area (Å²) >= 11 is 0. The number of carbonyl (C=O) groups excluding carboxylic acids is 3. The molecule has 0 saturated carbocycles. The van der Waals surface area contributed by atoms with Gasteiger partial charge in [-0.15, -0.1) is 0 Å². The molecule has 164 valence electrons. The van der Waals surface area contributed by atoms with Gasteiger partial charge in [-0.2, -0.15) is 0 Å². The minimum atomic E-state index is -0.918. The number of carbonyl (C=O) groups is 3. The quantitative estimate of drug-likeness (QED) is 0.475. The molecule has 2 saturated heterocycles. The highest BCUT2D eigenvalue weighted by molar-refractivity contribution is 6.10. The van der Waals surface area contributed by atoms with Crippen LogP contribution in [0.2, 0.25) is 0 Å². The molecule has 2 N–H and O–H groups in total. The summed E-state index contributed by atoms with van der Waals surface area (Å²) in [5, 5.41) is 5.63. The first-order chi connectivity index (χ1) is 14.3. The molecular formula is C23H34N4O3. The van der Waals surface area contributed by atoms with Crippen LogP contribution in [0.1, 0.15) is 64.4 Å². The maximum Gasteiger partial charge on any atom is 0.325 e. The van der Waals surface area contributed by atoms with Crippen LogP contribution in [0.4, 0.5) is 16.2 Å². The zero-order chi connectivity index (χ0) is 21.7. The molecule has 0 aliphatic carbocycles. The molecule has 1 unspecified atom stereocenters. The molecule has 7 nitrogen and oxygen atoms in total. The molecule has 2 aliphatic heterocycles. The van der Waals surface area contributed by atoms with Gasteiger partial charge in [0.25, 0.3) is 5.91 Å². The molecule has 0 spiro atoms. The first-order valence-electron chi connectivity index (χ1n) is 11.1. The summed E-state index contributed by atoms with van der Waals surface area (Å²) in [7, 11) is 0. The van der Waals surface area contributed by atoms with Gasteiger partial charge in [0.05, 0.1) is 0 Å². The van der Waals surface area contributed by atoms with Crippen molar-refractivity contribution in [2.45, 2.75) is 71.3 Å². The van der Waals surface area contributed by atoms with Crippen molar-refractivity contribution in [1.82, 2.24) is 10.2 Å². The van der Waals surface area contributed by atoms with E-state index >= 15 is 0 Å². The summed E-state index contributed by atoms with van der Waals surface area (Å²) in [6, 6.07) is 5.48. The van der Waals surface area contributed by atoms with Crippen LogP contribution in [0.3, 0.4) is 0 Å². The highest BCUT2D eigenvalue weighted by Crippen LogP contribution is 2.26. The summed E-state index contributed by atoms with van der Waals surface area (Å²) in [4.78, 5) is 41.1. The molecule has 4 amide bonds. The number of unbranched alkanes of at least 4 members (excludes halogenated alkanes) is 3. The lowest BCUT2D eigenvalue weighted by molar-refractivity contribution is -0.133. The molecule has 1 aromatic rings. The van der Waals surface area contributed by atoms with Crippen LogP contribution in [0.15, 0.2) is 18.2 Å². The molecule has 2 fully saturated rings. The fraction of sp³-hybridized carbons (Fsp3) is 0.609. The summed E-state index contributed by atoms with van der Waals surface area (Å²) < 4.78 is 0. The molecule has 0 bridgehead atoms. The molecule has 0 aromatic heterocycles. The van der Waals surface area contributed by atoms with Gasteiger partial charge in [-0.05, 0) is 56.9 Å². The average Bonchev–Trinajstić information content (AvgIpc) is 3.31. The van der Waals surface area contributed by atoms with Crippen molar-refractivity contribution in [2.75, 3.05) is 29.9 Å². The Morgan fingerprint density at radius 3 is 2.57 bits per heavy atom. The third kappa shape index (κ3) is 4.94. The number of urea groups is 1. The van der Waals surface area contributed by atoms with Gasteiger partial charge in [-0.25, -0.2) is 4.79 Å². The summed E-state index contributed by atoms with van der Waals surface area (Å²) in [5.41, 5.74) is 1.91. The van der Waals surface area contributed by atoms with Gasteiger partial charge in [-0.3, -0.25) is 14.5 Å². The smallest absolute Gasteiger partial charge is 0.325 e. The number of hydrogen-bond acceptors (Lipinski definition) is 4. The lowest BCUT2D eigenvalue weighted by Crippen LogP contribution is -2.44. The SMILES string of the molecule is CCCCCCC1(C)NC(=O)N(CC(=O)Nc2ccc(N3CCCC3)cc2C)C1=O. The van der Waals surface area contributed by atoms with Crippen LogP contribution in [-0.2, 0) is 9.59 Å². The lowest BCUT2D eigenvalue weighted by Gasteiger charge is -2.21. The van der Waals surface area contributed by atoms with E-state index < -0.39 is 11.6 Å². The first kappa shape index (κ1) is 22.1. The maximum atomic E-state index is 12.8. The van der Waals surface area contributed by atoms with Gasteiger partial charge < -0.3 is 15.5 Å². The fourth-order valence-electron chi connectivity index (χ4n) is 4.26. The second-order valence-corrected chi connectivity index (χ2v) is 8.71. The molecule has 1 atom stereocenters. The molecule has 1 aromatic carbocycles. The highest BCUT2D eigenvalue weighted by Gasteiger charge is 2.47. The van der Waals surface area contributed by atoms with Crippen molar-refractivity contribution >= 4 is 29.2 Å². The van der Waals surface area contributed by atoms with Gasteiger partial charge in [0.15, 0.2) is 0 Å². The average molecular weight is 415 g/mol. The maximum absolute atomic E-state index is 12.8.